The second kappa shape index (κ2) is 6.55. The van der Waals surface area contributed by atoms with Crippen LogP contribution in [0.2, 0.25) is 0 Å². The summed E-state index contributed by atoms with van der Waals surface area (Å²) in [6.07, 6.45) is 6.83. The number of nitrogens with one attached hydrogen (secondary N) is 1. The third kappa shape index (κ3) is 4.30. The first-order valence-electron chi connectivity index (χ1n) is 6.42. The van der Waals surface area contributed by atoms with Crippen molar-refractivity contribution in [3.8, 4) is 0 Å². The molecule has 0 radical (unpaired) electrons. The fraction of sp³-hybridized carbons (Fsp3) is 0.615. The summed E-state index contributed by atoms with van der Waals surface area (Å²) in [5.74, 6) is -0.426. The molecule has 1 aromatic heterocycles. The van der Waals surface area contributed by atoms with Gasteiger partial charge in [0.15, 0.2) is 0 Å². The number of likely N-dealkylation sites (tertiary alicyclic amines) is 1. The van der Waals surface area contributed by atoms with Crippen LogP contribution >= 0.6 is 0 Å². The predicted octanol–water partition coefficient (Wildman–Crippen LogP) is 2.51. The largest absolute Gasteiger partial charge is 0.384 e. The molecule has 0 aliphatic carbocycles. The van der Waals surface area contributed by atoms with Gasteiger partial charge in [-0.05, 0) is 32.0 Å². The number of anilines is 1. The van der Waals surface area contributed by atoms with Crippen LogP contribution in [0.25, 0.3) is 0 Å². The highest BCUT2D eigenvalue weighted by molar-refractivity contribution is 5.40. The average Bonchev–Trinajstić information content (AvgIpc) is 2.58. The Balaban J connectivity index is 1.71. The van der Waals surface area contributed by atoms with Crippen LogP contribution in [0.15, 0.2) is 18.3 Å². The molecule has 0 spiro atoms. The van der Waals surface area contributed by atoms with E-state index in [4.69, 9.17) is 0 Å². The van der Waals surface area contributed by atoms with Gasteiger partial charge >= 0.3 is 0 Å². The monoisotopic (exact) mass is 237 g/mol. The first kappa shape index (κ1) is 12.3. The molecule has 1 aromatic rings. The Morgan fingerprint density at radius 3 is 2.71 bits per heavy atom. The zero-order valence-electron chi connectivity index (χ0n) is 10.2. The van der Waals surface area contributed by atoms with Crippen LogP contribution in [0.5, 0.6) is 0 Å². The van der Waals surface area contributed by atoms with E-state index in [2.05, 4.69) is 15.2 Å². The summed E-state index contributed by atoms with van der Waals surface area (Å²) < 4.78 is 12.8. The molecule has 1 fully saturated rings. The maximum atomic E-state index is 12.8. The van der Waals surface area contributed by atoms with E-state index in [1.54, 1.807) is 6.07 Å². The van der Waals surface area contributed by atoms with Crippen LogP contribution in [0.3, 0.4) is 0 Å². The van der Waals surface area contributed by atoms with Crippen LogP contribution < -0.4 is 5.32 Å². The molecule has 94 valence electrons. The highest BCUT2D eigenvalue weighted by Gasteiger charge is 2.07. The van der Waals surface area contributed by atoms with Gasteiger partial charge in [-0.25, -0.2) is 4.98 Å². The van der Waals surface area contributed by atoms with Crippen molar-refractivity contribution >= 4 is 5.69 Å². The molecule has 2 rings (SSSR count). The Bertz CT molecular complexity index is 335. The molecule has 0 aromatic carbocycles. The Hall–Kier alpha value is -1.16. The van der Waals surface area contributed by atoms with Crippen LogP contribution in [0.4, 0.5) is 10.1 Å². The summed E-state index contributed by atoms with van der Waals surface area (Å²) in [5.41, 5.74) is 0.812. The first-order chi connectivity index (χ1) is 8.34. The minimum Gasteiger partial charge on any atom is -0.384 e. The Morgan fingerprint density at radius 2 is 2.00 bits per heavy atom. The van der Waals surface area contributed by atoms with Crippen molar-refractivity contribution in [2.75, 3.05) is 31.5 Å². The SMILES string of the molecule is Fc1cc(NCCN2CCCCCC2)ccn1. The molecule has 1 saturated heterocycles. The highest BCUT2D eigenvalue weighted by atomic mass is 19.1. The Morgan fingerprint density at radius 1 is 1.24 bits per heavy atom. The molecule has 17 heavy (non-hydrogen) atoms. The number of pyridine rings is 1. The van der Waals surface area contributed by atoms with Crippen LogP contribution in [0, 0.1) is 5.95 Å². The maximum Gasteiger partial charge on any atom is 0.214 e. The molecule has 0 amide bonds. The fourth-order valence-corrected chi connectivity index (χ4v) is 2.23. The molecule has 0 saturated carbocycles. The topological polar surface area (TPSA) is 28.2 Å². The van der Waals surface area contributed by atoms with Gasteiger partial charge in [-0.1, -0.05) is 12.8 Å². The molecule has 2 heterocycles. The lowest BCUT2D eigenvalue weighted by atomic mass is 10.2. The summed E-state index contributed by atoms with van der Waals surface area (Å²) in [7, 11) is 0. The minimum absolute atomic E-state index is 0.426. The van der Waals surface area contributed by atoms with Crippen molar-refractivity contribution in [2.45, 2.75) is 25.7 Å². The third-order valence-electron chi connectivity index (χ3n) is 3.18. The summed E-state index contributed by atoms with van der Waals surface area (Å²) in [6.45, 7) is 4.30. The van der Waals surface area contributed by atoms with Crippen LogP contribution in [-0.4, -0.2) is 36.1 Å². The smallest absolute Gasteiger partial charge is 0.214 e. The Kier molecular flexibility index (Phi) is 4.74. The van der Waals surface area contributed by atoms with E-state index >= 15 is 0 Å². The molecule has 1 N–H and O–H groups in total. The van der Waals surface area contributed by atoms with E-state index < -0.39 is 5.95 Å². The molecular weight excluding hydrogens is 217 g/mol. The van der Waals surface area contributed by atoms with Gasteiger partial charge in [-0.2, -0.15) is 4.39 Å². The van der Waals surface area contributed by atoms with Gasteiger partial charge in [0.1, 0.15) is 0 Å². The third-order valence-corrected chi connectivity index (χ3v) is 3.18. The fourth-order valence-electron chi connectivity index (χ4n) is 2.23. The minimum atomic E-state index is -0.426. The highest BCUT2D eigenvalue weighted by Crippen LogP contribution is 2.10. The van der Waals surface area contributed by atoms with Gasteiger partial charge in [0, 0.05) is 31.0 Å². The standard InChI is InChI=1S/C13H20FN3/c14-13-11-12(5-6-16-13)15-7-10-17-8-3-1-2-4-9-17/h5-6,11H,1-4,7-10H2,(H,15,16). The number of rotatable bonds is 4. The molecular formula is C13H20FN3. The quantitative estimate of drug-likeness (QED) is 0.816. The molecule has 0 atom stereocenters. The molecule has 4 heteroatoms. The van der Waals surface area contributed by atoms with E-state index in [0.717, 1.165) is 18.8 Å². The van der Waals surface area contributed by atoms with Crippen molar-refractivity contribution in [3.63, 3.8) is 0 Å². The maximum absolute atomic E-state index is 12.8. The number of hydrogen-bond donors (Lipinski definition) is 1. The first-order valence-corrected chi connectivity index (χ1v) is 6.42. The van der Waals surface area contributed by atoms with E-state index in [0.29, 0.717) is 0 Å². The number of hydrogen-bond acceptors (Lipinski definition) is 3. The second-order valence-corrected chi connectivity index (χ2v) is 4.55. The summed E-state index contributed by atoms with van der Waals surface area (Å²) in [5, 5.41) is 3.23. The van der Waals surface area contributed by atoms with E-state index in [9.17, 15) is 4.39 Å². The van der Waals surface area contributed by atoms with Crippen molar-refractivity contribution in [1.82, 2.24) is 9.88 Å². The number of halogens is 1. The zero-order chi connectivity index (χ0) is 11.9. The van der Waals surface area contributed by atoms with Gasteiger partial charge in [-0.3, -0.25) is 0 Å². The summed E-state index contributed by atoms with van der Waals surface area (Å²) >= 11 is 0. The van der Waals surface area contributed by atoms with Crippen molar-refractivity contribution < 1.29 is 4.39 Å². The van der Waals surface area contributed by atoms with Gasteiger partial charge in [-0.15, -0.1) is 0 Å². The molecule has 1 aliphatic rings. The van der Waals surface area contributed by atoms with Gasteiger partial charge in [0.25, 0.3) is 0 Å². The lowest BCUT2D eigenvalue weighted by Gasteiger charge is -2.20. The Labute approximate surface area is 102 Å². The van der Waals surface area contributed by atoms with Crippen LogP contribution in [0.1, 0.15) is 25.7 Å². The predicted molar refractivity (Wildman–Crippen MR) is 67.6 cm³/mol. The number of nitrogens with zero attached hydrogens (tertiary/aromatic N) is 2. The molecule has 0 unspecified atom stereocenters. The number of aromatic nitrogens is 1. The summed E-state index contributed by atoms with van der Waals surface area (Å²) in [4.78, 5) is 6.02. The second-order valence-electron chi connectivity index (χ2n) is 4.55. The van der Waals surface area contributed by atoms with Crippen molar-refractivity contribution in [1.29, 1.82) is 0 Å². The van der Waals surface area contributed by atoms with Gasteiger partial charge in [0.2, 0.25) is 5.95 Å². The normalized spacial score (nSPS) is 17.7. The van der Waals surface area contributed by atoms with E-state index in [1.165, 1.54) is 51.0 Å². The van der Waals surface area contributed by atoms with Crippen molar-refractivity contribution in [3.05, 3.63) is 24.3 Å². The average molecular weight is 237 g/mol. The van der Waals surface area contributed by atoms with Crippen LogP contribution in [-0.2, 0) is 0 Å². The lowest BCUT2D eigenvalue weighted by molar-refractivity contribution is 0.296. The van der Waals surface area contributed by atoms with Crippen molar-refractivity contribution in [2.24, 2.45) is 0 Å². The lowest BCUT2D eigenvalue weighted by Crippen LogP contribution is -2.29. The van der Waals surface area contributed by atoms with Gasteiger partial charge in [0.05, 0.1) is 0 Å². The molecule has 0 bridgehead atoms. The molecule has 3 nitrogen and oxygen atoms in total. The zero-order valence-corrected chi connectivity index (χ0v) is 10.2. The van der Waals surface area contributed by atoms with Gasteiger partial charge < -0.3 is 10.2 Å². The molecule has 1 aliphatic heterocycles. The summed E-state index contributed by atoms with van der Waals surface area (Å²) in [6, 6.07) is 3.23. The van der Waals surface area contributed by atoms with E-state index in [-0.39, 0.29) is 0 Å². The van der Waals surface area contributed by atoms with E-state index in [1.807, 2.05) is 0 Å².